The van der Waals surface area contributed by atoms with E-state index in [9.17, 15) is 39.4 Å². The van der Waals surface area contributed by atoms with Gasteiger partial charge in [0.05, 0.1) is 15.4 Å². The predicted octanol–water partition coefficient (Wildman–Crippen LogP) is 8.33. The molecule has 0 aromatic heterocycles. The lowest BCUT2D eigenvalue weighted by atomic mass is 9.99. The Labute approximate surface area is 299 Å². The zero-order chi connectivity index (χ0) is 38.2. The van der Waals surface area contributed by atoms with E-state index in [4.69, 9.17) is 0 Å². The number of nitro benzene ring substituents is 2. The number of hydrogen-bond donors (Lipinski definition) is 0. The molecular weight excluding hydrogens is 672 g/mol. The van der Waals surface area contributed by atoms with Crippen molar-refractivity contribution in [1.29, 1.82) is 0 Å². The second-order valence-electron chi connectivity index (χ2n) is 10.8. The Kier molecular flexibility index (Phi) is 14.9. The smallest absolute Gasteiger partial charge is 0.318 e. The van der Waals surface area contributed by atoms with Gasteiger partial charge in [0.25, 0.3) is 11.4 Å². The van der Waals surface area contributed by atoms with Gasteiger partial charge in [0.2, 0.25) is 11.6 Å². The quantitative estimate of drug-likeness (QED) is 0.0403. The van der Waals surface area contributed by atoms with Crippen LogP contribution in [0.25, 0.3) is 22.3 Å². The van der Waals surface area contributed by atoms with Gasteiger partial charge in [-0.25, -0.2) is 9.59 Å². The summed E-state index contributed by atoms with van der Waals surface area (Å²) in [6.07, 6.45) is 0.986. The molecule has 0 radical (unpaired) electrons. The molecule has 4 aromatic carbocycles. The Morgan fingerprint density at radius 1 is 0.538 bits per heavy atom. The number of carbonyl (C=O) groups is 4. The number of oxime groups is 2. The van der Waals surface area contributed by atoms with Gasteiger partial charge in [0.15, 0.2) is 0 Å². The first-order chi connectivity index (χ1) is 24.9. The Balaban J connectivity index is 0.000000280. The van der Waals surface area contributed by atoms with Crippen LogP contribution < -0.4 is 0 Å². The van der Waals surface area contributed by atoms with Gasteiger partial charge in [-0.3, -0.25) is 29.8 Å². The van der Waals surface area contributed by atoms with Gasteiger partial charge in [-0.05, 0) is 47.7 Å². The van der Waals surface area contributed by atoms with Gasteiger partial charge in [-0.15, -0.1) is 0 Å². The Morgan fingerprint density at radius 3 is 1.33 bits per heavy atom. The molecule has 52 heavy (non-hydrogen) atoms. The highest BCUT2D eigenvalue weighted by Gasteiger charge is 2.18. The van der Waals surface area contributed by atoms with Crippen LogP contribution >= 0.6 is 0 Å². The topological polar surface area (TPSA) is 198 Å². The Bertz CT molecular complexity index is 1990. The highest BCUT2D eigenvalue weighted by Crippen LogP contribution is 2.29. The van der Waals surface area contributed by atoms with Gasteiger partial charge in [-0.1, -0.05) is 98.7 Å². The fourth-order valence-electron chi connectivity index (χ4n) is 4.48. The number of Topliss-reactive ketones (excluding diaryl/α,β-unsaturated/α-hetero) is 2. The summed E-state index contributed by atoms with van der Waals surface area (Å²) in [5, 5.41) is 29.1. The van der Waals surface area contributed by atoms with Gasteiger partial charge >= 0.3 is 11.9 Å². The van der Waals surface area contributed by atoms with Crippen molar-refractivity contribution < 1.29 is 38.7 Å². The number of ketones is 2. The highest BCUT2D eigenvalue weighted by molar-refractivity contribution is 6.46. The molecule has 0 atom stereocenters. The molecule has 0 spiro atoms. The lowest BCUT2D eigenvalue weighted by molar-refractivity contribution is -0.384. The van der Waals surface area contributed by atoms with Crippen molar-refractivity contribution in [2.24, 2.45) is 10.3 Å². The Morgan fingerprint density at radius 2 is 0.942 bits per heavy atom. The third kappa shape index (κ3) is 10.9. The molecule has 4 aromatic rings. The van der Waals surface area contributed by atoms with E-state index >= 15 is 0 Å². The molecule has 0 unspecified atom stereocenters. The maximum absolute atomic E-state index is 12.5. The van der Waals surface area contributed by atoms with Gasteiger partial charge < -0.3 is 9.68 Å². The molecule has 0 saturated carbocycles. The van der Waals surface area contributed by atoms with E-state index in [1.807, 2.05) is 0 Å². The average Bonchev–Trinajstić information content (AvgIpc) is 3.18. The molecule has 0 aliphatic heterocycles. The molecule has 0 fully saturated rings. The van der Waals surface area contributed by atoms with Gasteiger partial charge in [0, 0.05) is 42.2 Å². The number of carbonyl (C=O) groups excluding carboxylic acids is 4. The molecule has 0 bridgehead atoms. The van der Waals surface area contributed by atoms with Crippen molar-refractivity contribution in [3.8, 4) is 22.3 Å². The first kappa shape index (κ1) is 39.7. The molecule has 4 rings (SSSR count). The molecular formula is C38H36N4O10. The maximum Gasteiger partial charge on any atom is 0.334 e. The molecule has 0 saturated heterocycles. The molecule has 0 N–H and O–H groups in total. The summed E-state index contributed by atoms with van der Waals surface area (Å²) in [5.74, 6) is -1.69. The van der Waals surface area contributed by atoms with Crippen LogP contribution in [0.5, 0.6) is 0 Å². The van der Waals surface area contributed by atoms with Crippen LogP contribution in [0, 0.1) is 20.2 Å². The highest BCUT2D eigenvalue weighted by atomic mass is 16.7. The van der Waals surface area contributed by atoms with Crippen molar-refractivity contribution in [1.82, 2.24) is 0 Å². The number of nitro groups is 2. The summed E-state index contributed by atoms with van der Waals surface area (Å²) in [7, 11) is 0. The molecule has 0 aliphatic rings. The maximum atomic E-state index is 12.5. The minimum absolute atomic E-state index is 0.00568. The molecule has 14 nitrogen and oxygen atoms in total. The van der Waals surface area contributed by atoms with Gasteiger partial charge in [-0.2, -0.15) is 0 Å². The molecule has 14 heteroatoms. The number of hydrogen-bond acceptors (Lipinski definition) is 12. The largest absolute Gasteiger partial charge is 0.334 e. The number of rotatable bonds is 14. The lowest BCUT2D eigenvalue weighted by Crippen LogP contribution is -2.15. The van der Waals surface area contributed by atoms with Crippen molar-refractivity contribution in [3.05, 3.63) is 128 Å². The monoisotopic (exact) mass is 708 g/mol. The molecule has 0 aliphatic carbocycles. The summed E-state index contributed by atoms with van der Waals surface area (Å²) < 4.78 is 0. The molecule has 0 heterocycles. The van der Waals surface area contributed by atoms with Gasteiger partial charge in [0.1, 0.15) is 11.4 Å². The van der Waals surface area contributed by atoms with E-state index in [1.165, 1.54) is 18.2 Å². The minimum Gasteiger partial charge on any atom is -0.318 e. The second kappa shape index (κ2) is 19.5. The predicted molar refractivity (Wildman–Crippen MR) is 194 cm³/mol. The first-order valence-corrected chi connectivity index (χ1v) is 16.2. The van der Waals surface area contributed by atoms with Crippen LogP contribution in [0.4, 0.5) is 11.4 Å². The van der Waals surface area contributed by atoms with Crippen LogP contribution in [-0.4, -0.2) is 44.8 Å². The number of para-hydroxylation sites is 1. The number of non-ortho nitro benzene ring substituents is 1. The van der Waals surface area contributed by atoms with Crippen molar-refractivity contribution in [2.75, 3.05) is 0 Å². The fraction of sp³-hybridized carbons (Fsp3) is 0.211. The van der Waals surface area contributed by atoms with Crippen LogP contribution in [0.3, 0.4) is 0 Å². The van der Waals surface area contributed by atoms with Crippen molar-refractivity contribution in [3.63, 3.8) is 0 Å². The third-order valence-electron chi connectivity index (χ3n) is 7.40. The van der Waals surface area contributed by atoms with E-state index in [2.05, 4.69) is 20.0 Å². The van der Waals surface area contributed by atoms with E-state index in [-0.39, 0.29) is 47.2 Å². The Hall–Kier alpha value is -6.70. The summed E-state index contributed by atoms with van der Waals surface area (Å²) in [6, 6.07) is 25.8. The summed E-state index contributed by atoms with van der Waals surface area (Å²) in [6.45, 7) is 6.76. The molecule has 0 amide bonds. The SMILES string of the molecule is CCC(=O)O/N=C(/CC)C(=O)c1ccc(-c2ccc([N+](=O)[O-])cc2)cc1.CCC(=O)O/N=C(/CC)C(=O)c1ccc(-c2ccccc2[N+](=O)[O-])cc1. The molecule has 268 valence electrons. The summed E-state index contributed by atoms with van der Waals surface area (Å²) in [4.78, 5) is 77.6. The minimum atomic E-state index is -0.518. The van der Waals surface area contributed by atoms with Crippen LogP contribution in [-0.2, 0) is 19.3 Å². The second-order valence-corrected chi connectivity index (χ2v) is 10.8. The van der Waals surface area contributed by atoms with Crippen LogP contribution in [0.15, 0.2) is 107 Å². The van der Waals surface area contributed by atoms with Crippen molar-refractivity contribution >= 4 is 46.3 Å². The van der Waals surface area contributed by atoms with Crippen LogP contribution in [0.1, 0.15) is 74.1 Å². The number of benzene rings is 4. The normalized spacial score (nSPS) is 11.1. The van der Waals surface area contributed by atoms with E-state index < -0.39 is 21.8 Å². The summed E-state index contributed by atoms with van der Waals surface area (Å²) >= 11 is 0. The van der Waals surface area contributed by atoms with Crippen LogP contribution in [0.2, 0.25) is 0 Å². The third-order valence-corrected chi connectivity index (χ3v) is 7.40. The lowest BCUT2D eigenvalue weighted by Gasteiger charge is -2.06. The average molecular weight is 709 g/mol. The standard InChI is InChI=1S/2C19H18N2O5/c1-3-17(20-26-18(22)4-2)19(23)15-7-5-13(6-8-15)14-9-11-16(12-10-14)21(24)25;1-3-16(20-26-18(22)4-2)19(23)14-11-9-13(10-12-14)15-7-5-6-8-17(15)21(24)25/h2*5-12H,3-4H2,1-2H3/b20-17-;20-16-. The zero-order valence-corrected chi connectivity index (χ0v) is 28.9. The number of nitrogens with zero attached hydrogens (tertiary/aromatic N) is 4. The van der Waals surface area contributed by atoms with E-state index in [0.29, 0.717) is 35.1 Å². The summed E-state index contributed by atoms with van der Waals surface area (Å²) in [5.41, 5.74) is 3.81. The van der Waals surface area contributed by atoms with E-state index in [0.717, 1.165) is 11.1 Å². The fourth-order valence-corrected chi connectivity index (χ4v) is 4.48. The first-order valence-electron chi connectivity index (χ1n) is 16.2. The zero-order valence-electron chi connectivity index (χ0n) is 28.9. The van der Waals surface area contributed by atoms with E-state index in [1.54, 1.807) is 107 Å². The van der Waals surface area contributed by atoms with Crippen molar-refractivity contribution in [2.45, 2.75) is 53.4 Å².